The van der Waals surface area contributed by atoms with Gasteiger partial charge in [0.1, 0.15) is 5.82 Å². The minimum Gasteiger partial charge on any atom is -0.322 e. The maximum absolute atomic E-state index is 4.61. The van der Waals surface area contributed by atoms with Gasteiger partial charge >= 0.3 is 0 Å². The summed E-state index contributed by atoms with van der Waals surface area (Å²) in [6.45, 7) is 2.29. The molecule has 0 saturated carbocycles. The van der Waals surface area contributed by atoms with Crippen molar-refractivity contribution in [3.8, 4) is 11.1 Å². The molecule has 0 fully saturated rings. The van der Waals surface area contributed by atoms with E-state index in [-0.39, 0.29) is 0 Å². The Morgan fingerprint density at radius 3 is 2.58 bits per heavy atom. The van der Waals surface area contributed by atoms with Gasteiger partial charge in [0.25, 0.3) is 0 Å². The standard InChI is InChI=1S/C22H20N2/c1-15-13-19-5-4-6-20(18-11-9-16-8-10-17(16)14-18)22(19)24(15)21-7-2-3-12-23-21/h2-7,9,11-12,14-15H,8,10,13H2,1H3. The van der Waals surface area contributed by atoms with Crippen molar-refractivity contribution in [2.75, 3.05) is 4.90 Å². The molecule has 1 aliphatic heterocycles. The lowest BCUT2D eigenvalue weighted by molar-refractivity contribution is 0.751. The monoisotopic (exact) mass is 312 g/mol. The second-order valence-corrected chi connectivity index (χ2v) is 6.91. The van der Waals surface area contributed by atoms with Crippen LogP contribution in [-0.2, 0) is 19.3 Å². The second kappa shape index (κ2) is 5.20. The molecular formula is C22H20N2. The summed E-state index contributed by atoms with van der Waals surface area (Å²) < 4.78 is 0. The highest BCUT2D eigenvalue weighted by atomic mass is 15.2. The minimum atomic E-state index is 0.433. The first-order chi connectivity index (χ1) is 11.8. The highest BCUT2D eigenvalue weighted by molar-refractivity contribution is 5.86. The Morgan fingerprint density at radius 1 is 0.917 bits per heavy atom. The van der Waals surface area contributed by atoms with Gasteiger partial charge in [-0.1, -0.05) is 42.5 Å². The number of benzene rings is 2. The molecule has 1 aromatic heterocycles. The molecule has 0 spiro atoms. The van der Waals surface area contributed by atoms with Crippen LogP contribution < -0.4 is 4.90 Å². The molecule has 1 unspecified atom stereocenters. The molecule has 0 amide bonds. The largest absolute Gasteiger partial charge is 0.322 e. The third-order valence-corrected chi connectivity index (χ3v) is 5.39. The van der Waals surface area contributed by atoms with Crippen LogP contribution in [0.15, 0.2) is 60.8 Å². The Hall–Kier alpha value is -2.61. The summed E-state index contributed by atoms with van der Waals surface area (Å²) in [6, 6.07) is 20.3. The molecule has 0 N–H and O–H groups in total. The summed E-state index contributed by atoms with van der Waals surface area (Å²) in [4.78, 5) is 7.02. The molecule has 2 heterocycles. The van der Waals surface area contributed by atoms with Gasteiger partial charge in [-0.05, 0) is 60.6 Å². The molecule has 24 heavy (non-hydrogen) atoms. The summed E-state index contributed by atoms with van der Waals surface area (Å²) in [7, 11) is 0. The molecule has 2 nitrogen and oxygen atoms in total. The molecule has 3 aromatic rings. The molecule has 2 heteroatoms. The van der Waals surface area contributed by atoms with E-state index in [0.29, 0.717) is 6.04 Å². The zero-order valence-corrected chi connectivity index (χ0v) is 13.9. The second-order valence-electron chi connectivity index (χ2n) is 6.91. The van der Waals surface area contributed by atoms with Crippen LogP contribution in [0.3, 0.4) is 0 Å². The van der Waals surface area contributed by atoms with E-state index in [4.69, 9.17) is 0 Å². The molecular weight excluding hydrogens is 292 g/mol. The van der Waals surface area contributed by atoms with E-state index in [1.165, 1.54) is 46.3 Å². The van der Waals surface area contributed by atoms with Gasteiger partial charge in [0.15, 0.2) is 0 Å². The third kappa shape index (κ3) is 1.99. The zero-order chi connectivity index (χ0) is 16.1. The molecule has 0 saturated heterocycles. The van der Waals surface area contributed by atoms with Crippen molar-refractivity contribution in [2.24, 2.45) is 0 Å². The van der Waals surface area contributed by atoms with Crippen LogP contribution in [-0.4, -0.2) is 11.0 Å². The normalized spacial score (nSPS) is 18.0. The molecule has 2 aliphatic rings. The molecule has 1 aliphatic carbocycles. The van der Waals surface area contributed by atoms with Crippen LogP contribution in [0, 0.1) is 0 Å². The van der Waals surface area contributed by atoms with Crippen molar-refractivity contribution in [1.82, 2.24) is 4.98 Å². The minimum absolute atomic E-state index is 0.433. The lowest BCUT2D eigenvalue weighted by Crippen LogP contribution is -2.25. The number of hydrogen-bond donors (Lipinski definition) is 0. The number of fused-ring (bicyclic) bond motifs is 2. The molecule has 2 aromatic carbocycles. The first kappa shape index (κ1) is 13.8. The summed E-state index contributed by atoms with van der Waals surface area (Å²) >= 11 is 0. The number of anilines is 2. The quantitative estimate of drug-likeness (QED) is 0.667. The zero-order valence-electron chi connectivity index (χ0n) is 13.9. The van der Waals surface area contributed by atoms with E-state index in [0.717, 1.165) is 12.2 Å². The van der Waals surface area contributed by atoms with Crippen LogP contribution in [0.4, 0.5) is 11.5 Å². The maximum atomic E-state index is 4.61. The topological polar surface area (TPSA) is 16.1 Å². The van der Waals surface area contributed by atoms with Crippen molar-refractivity contribution in [2.45, 2.75) is 32.2 Å². The van der Waals surface area contributed by atoms with Gasteiger partial charge in [0.05, 0.1) is 5.69 Å². The predicted molar refractivity (Wildman–Crippen MR) is 98.8 cm³/mol. The lowest BCUT2D eigenvalue weighted by Gasteiger charge is -2.26. The van der Waals surface area contributed by atoms with Gasteiger partial charge in [-0.25, -0.2) is 4.98 Å². The van der Waals surface area contributed by atoms with E-state index in [1.54, 1.807) is 0 Å². The van der Waals surface area contributed by atoms with E-state index in [9.17, 15) is 0 Å². The van der Waals surface area contributed by atoms with E-state index in [2.05, 4.69) is 65.3 Å². The number of aryl methyl sites for hydroxylation is 2. The fraction of sp³-hybridized carbons (Fsp3) is 0.227. The molecule has 5 rings (SSSR count). The summed E-state index contributed by atoms with van der Waals surface area (Å²) in [6.07, 6.45) is 5.41. The van der Waals surface area contributed by atoms with E-state index >= 15 is 0 Å². The molecule has 0 radical (unpaired) electrons. The highest BCUT2D eigenvalue weighted by Crippen LogP contribution is 2.44. The average molecular weight is 312 g/mol. The fourth-order valence-electron chi connectivity index (χ4n) is 4.10. The number of aromatic nitrogens is 1. The smallest absolute Gasteiger partial charge is 0.133 e. The van der Waals surface area contributed by atoms with Crippen molar-refractivity contribution >= 4 is 11.5 Å². The molecule has 0 bridgehead atoms. The lowest BCUT2D eigenvalue weighted by atomic mass is 9.85. The summed E-state index contributed by atoms with van der Waals surface area (Å²) in [5, 5.41) is 0. The van der Waals surface area contributed by atoms with Gasteiger partial charge in [-0.2, -0.15) is 0 Å². The Bertz CT molecular complexity index is 915. The Balaban J connectivity index is 1.69. The predicted octanol–water partition coefficient (Wildman–Crippen LogP) is 4.93. The Labute approximate surface area is 142 Å². The van der Waals surface area contributed by atoms with Gasteiger partial charge < -0.3 is 4.90 Å². The van der Waals surface area contributed by atoms with E-state index in [1.807, 2.05) is 12.3 Å². The van der Waals surface area contributed by atoms with Crippen molar-refractivity contribution in [3.05, 3.63) is 77.5 Å². The van der Waals surface area contributed by atoms with Crippen LogP contribution in [0.5, 0.6) is 0 Å². The average Bonchev–Trinajstić information content (AvgIpc) is 2.93. The number of pyridine rings is 1. The van der Waals surface area contributed by atoms with E-state index < -0.39 is 0 Å². The molecule has 118 valence electrons. The SMILES string of the molecule is CC1Cc2cccc(-c3ccc4c(c3)CC4)c2N1c1ccccn1. The van der Waals surface area contributed by atoms with Crippen LogP contribution in [0.2, 0.25) is 0 Å². The number of nitrogens with zero attached hydrogens (tertiary/aromatic N) is 2. The van der Waals surface area contributed by atoms with Gasteiger partial charge in [0, 0.05) is 17.8 Å². The van der Waals surface area contributed by atoms with Gasteiger partial charge in [-0.3, -0.25) is 0 Å². The van der Waals surface area contributed by atoms with Gasteiger partial charge in [0.2, 0.25) is 0 Å². The summed E-state index contributed by atoms with van der Waals surface area (Å²) in [5.41, 5.74) is 8.45. The van der Waals surface area contributed by atoms with Crippen LogP contribution >= 0.6 is 0 Å². The fourth-order valence-corrected chi connectivity index (χ4v) is 4.10. The third-order valence-electron chi connectivity index (χ3n) is 5.39. The summed E-state index contributed by atoms with van der Waals surface area (Å²) in [5.74, 6) is 1.04. The first-order valence-corrected chi connectivity index (χ1v) is 8.75. The maximum Gasteiger partial charge on any atom is 0.133 e. The number of rotatable bonds is 2. The van der Waals surface area contributed by atoms with Crippen LogP contribution in [0.25, 0.3) is 11.1 Å². The van der Waals surface area contributed by atoms with Crippen molar-refractivity contribution in [1.29, 1.82) is 0 Å². The Kier molecular flexibility index (Phi) is 2.99. The highest BCUT2D eigenvalue weighted by Gasteiger charge is 2.30. The number of para-hydroxylation sites is 1. The van der Waals surface area contributed by atoms with Gasteiger partial charge in [-0.15, -0.1) is 0 Å². The Morgan fingerprint density at radius 2 is 1.83 bits per heavy atom. The van der Waals surface area contributed by atoms with Crippen LogP contribution in [0.1, 0.15) is 23.6 Å². The number of hydrogen-bond acceptors (Lipinski definition) is 2. The van der Waals surface area contributed by atoms with Crippen molar-refractivity contribution < 1.29 is 0 Å². The molecule has 1 atom stereocenters. The van der Waals surface area contributed by atoms with Crippen molar-refractivity contribution in [3.63, 3.8) is 0 Å². The first-order valence-electron chi connectivity index (χ1n) is 8.75.